The highest BCUT2D eigenvalue weighted by atomic mass is 16.5. The van der Waals surface area contributed by atoms with E-state index in [1.54, 1.807) is 6.92 Å². The Kier molecular flexibility index (Phi) is 13.5. The van der Waals surface area contributed by atoms with Crippen LogP contribution in [0, 0.1) is 5.41 Å². The Labute approximate surface area is 199 Å². The first kappa shape index (κ1) is 28.8. The summed E-state index contributed by atoms with van der Waals surface area (Å²) in [6, 6.07) is 7.32. The number of rotatable bonds is 16. The molecule has 1 aromatic carbocycles. The Morgan fingerprint density at radius 1 is 1.03 bits per heavy atom. The monoisotopic (exact) mass is 464 g/mol. The molecule has 2 amide bonds. The minimum absolute atomic E-state index is 0.0303. The lowest BCUT2D eigenvalue weighted by atomic mass is 9.97. The topological polar surface area (TPSA) is 88.1 Å². The summed E-state index contributed by atoms with van der Waals surface area (Å²) in [7, 11) is 0. The van der Waals surface area contributed by atoms with E-state index < -0.39 is 12.1 Å². The predicted octanol–water partition coefficient (Wildman–Crippen LogP) is 5.13. The first-order chi connectivity index (χ1) is 15.7. The van der Waals surface area contributed by atoms with E-state index in [2.05, 4.69) is 33.0 Å². The van der Waals surface area contributed by atoms with Crippen molar-refractivity contribution < 1.29 is 24.2 Å². The van der Waals surface area contributed by atoms with Crippen molar-refractivity contribution in [1.82, 2.24) is 10.2 Å². The molecule has 0 aromatic heterocycles. The van der Waals surface area contributed by atoms with E-state index >= 15 is 0 Å². The minimum Gasteiger partial charge on any atom is -0.492 e. The number of aliphatic carboxylic acids is 1. The second-order valence-corrected chi connectivity index (χ2v) is 9.60. The number of amides is 2. The van der Waals surface area contributed by atoms with Gasteiger partial charge in [-0.25, -0.2) is 9.59 Å². The fraction of sp³-hybridized carbons (Fsp3) is 0.692. The third-order valence-corrected chi connectivity index (χ3v) is 5.21. The quantitative estimate of drug-likeness (QED) is 0.331. The van der Waals surface area contributed by atoms with Crippen LogP contribution >= 0.6 is 0 Å². The molecule has 1 rings (SSSR count). The number of ether oxygens (including phenoxy) is 2. The van der Waals surface area contributed by atoms with Crippen molar-refractivity contribution in [3.05, 3.63) is 29.8 Å². The summed E-state index contributed by atoms with van der Waals surface area (Å²) in [5.41, 5.74) is 0.904. The molecule has 33 heavy (non-hydrogen) atoms. The molecule has 0 bridgehead atoms. The first-order valence-electron chi connectivity index (χ1n) is 12.2. The van der Waals surface area contributed by atoms with Crippen molar-refractivity contribution in [2.75, 3.05) is 32.8 Å². The maximum atomic E-state index is 12.7. The van der Waals surface area contributed by atoms with Crippen molar-refractivity contribution in [3.63, 3.8) is 0 Å². The summed E-state index contributed by atoms with van der Waals surface area (Å²) in [5, 5.41) is 12.3. The van der Waals surface area contributed by atoms with E-state index in [9.17, 15) is 14.7 Å². The fourth-order valence-electron chi connectivity index (χ4n) is 3.30. The Morgan fingerprint density at radius 2 is 1.70 bits per heavy atom. The van der Waals surface area contributed by atoms with Crippen LogP contribution in [0.3, 0.4) is 0 Å². The van der Waals surface area contributed by atoms with Crippen LogP contribution in [-0.4, -0.2) is 61.0 Å². The summed E-state index contributed by atoms with van der Waals surface area (Å²) in [4.78, 5) is 25.8. The predicted molar refractivity (Wildman–Crippen MR) is 132 cm³/mol. The highest BCUT2D eigenvalue weighted by Gasteiger charge is 2.18. The summed E-state index contributed by atoms with van der Waals surface area (Å²) in [5.74, 6) is -0.267. The number of carbonyl (C=O) groups excluding carboxylic acids is 1. The maximum Gasteiger partial charge on any atom is 0.333 e. The maximum absolute atomic E-state index is 12.7. The van der Waals surface area contributed by atoms with Gasteiger partial charge in [-0.15, -0.1) is 0 Å². The molecule has 0 radical (unpaired) electrons. The van der Waals surface area contributed by atoms with Crippen molar-refractivity contribution in [2.45, 2.75) is 79.2 Å². The summed E-state index contributed by atoms with van der Waals surface area (Å²) in [6.07, 6.45) is 5.20. The van der Waals surface area contributed by atoms with Gasteiger partial charge in [0.15, 0.2) is 6.10 Å². The molecule has 0 fully saturated rings. The van der Waals surface area contributed by atoms with Crippen LogP contribution in [0.4, 0.5) is 4.79 Å². The number of carboxylic acid groups (broad SMARTS) is 1. The van der Waals surface area contributed by atoms with Crippen LogP contribution in [0.15, 0.2) is 24.3 Å². The zero-order chi connectivity index (χ0) is 24.7. The number of hydrogen-bond acceptors (Lipinski definition) is 4. The third-order valence-electron chi connectivity index (χ3n) is 5.21. The molecule has 0 heterocycles. The number of carbonyl (C=O) groups is 2. The summed E-state index contributed by atoms with van der Waals surface area (Å²) < 4.78 is 11.1. The average molecular weight is 465 g/mol. The van der Waals surface area contributed by atoms with Gasteiger partial charge in [0.2, 0.25) is 0 Å². The van der Waals surface area contributed by atoms with Gasteiger partial charge in [-0.1, -0.05) is 65.5 Å². The van der Waals surface area contributed by atoms with Crippen LogP contribution in [0.2, 0.25) is 0 Å². The zero-order valence-corrected chi connectivity index (χ0v) is 21.2. The van der Waals surface area contributed by atoms with E-state index in [-0.39, 0.29) is 11.4 Å². The van der Waals surface area contributed by atoms with Crippen molar-refractivity contribution in [1.29, 1.82) is 0 Å². The molecule has 0 aliphatic rings. The number of unbranched alkanes of at least 4 members (excludes halogenated alkanes) is 4. The number of carboxylic acids is 1. The fourth-order valence-corrected chi connectivity index (χ4v) is 3.30. The normalized spacial score (nSPS) is 12.3. The van der Waals surface area contributed by atoms with Gasteiger partial charge in [-0.3, -0.25) is 0 Å². The van der Waals surface area contributed by atoms with E-state index in [1.165, 1.54) is 19.3 Å². The van der Waals surface area contributed by atoms with Crippen LogP contribution in [0.25, 0.3) is 0 Å². The molecule has 7 heteroatoms. The largest absolute Gasteiger partial charge is 0.492 e. The van der Waals surface area contributed by atoms with Gasteiger partial charge >= 0.3 is 12.0 Å². The van der Waals surface area contributed by atoms with Crippen molar-refractivity contribution >= 4 is 12.0 Å². The SMILES string of the molecule is CCCCCCCN(CCOc1ccc(CC(OCC)C(=O)O)cc1)C(=O)NCC(C)(C)C. The van der Waals surface area contributed by atoms with Crippen LogP contribution in [0.1, 0.15) is 72.3 Å². The molecule has 188 valence electrons. The molecular weight excluding hydrogens is 420 g/mol. The highest BCUT2D eigenvalue weighted by molar-refractivity contribution is 5.74. The lowest BCUT2D eigenvalue weighted by Crippen LogP contribution is -2.45. The highest BCUT2D eigenvalue weighted by Crippen LogP contribution is 2.15. The Bertz CT molecular complexity index is 685. The number of hydrogen-bond donors (Lipinski definition) is 2. The Morgan fingerprint density at radius 3 is 2.27 bits per heavy atom. The Balaban J connectivity index is 2.57. The lowest BCUT2D eigenvalue weighted by Gasteiger charge is -2.26. The zero-order valence-electron chi connectivity index (χ0n) is 21.2. The smallest absolute Gasteiger partial charge is 0.333 e. The number of benzene rings is 1. The number of urea groups is 1. The number of nitrogens with one attached hydrogen (secondary N) is 1. The first-order valence-corrected chi connectivity index (χ1v) is 12.2. The minimum atomic E-state index is -0.961. The molecule has 1 aromatic rings. The molecule has 0 aliphatic heterocycles. The molecule has 0 aliphatic carbocycles. The van der Waals surface area contributed by atoms with Crippen molar-refractivity contribution in [3.8, 4) is 5.75 Å². The van der Waals surface area contributed by atoms with Gasteiger partial charge < -0.3 is 24.8 Å². The van der Waals surface area contributed by atoms with E-state index in [0.29, 0.717) is 38.5 Å². The van der Waals surface area contributed by atoms with Crippen molar-refractivity contribution in [2.24, 2.45) is 5.41 Å². The van der Waals surface area contributed by atoms with E-state index in [1.807, 2.05) is 29.2 Å². The number of nitrogens with zero attached hydrogens (tertiary/aromatic N) is 1. The molecule has 0 saturated carbocycles. The van der Waals surface area contributed by atoms with Crippen LogP contribution in [-0.2, 0) is 16.0 Å². The van der Waals surface area contributed by atoms with Crippen LogP contribution in [0.5, 0.6) is 5.75 Å². The van der Waals surface area contributed by atoms with Gasteiger partial charge in [-0.05, 0) is 36.5 Å². The van der Waals surface area contributed by atoms with Gasteiger partial charge in [-0.2, -0.15) is 0 Å². The van der Waals surface area contributed by atoms with Gasteiger partial charge in [0, 0.05) is 26.1 Å². The molecular formula is C26H44N2O5. The lowest BCUT2D eigenvalue weighted by molar-refractivity contribution is -0.149. The molecule has 2 N–H and O–H groups in total. The average Bonchev–Trinajstić information content (AvgIpc) is 2.76. The molecule has 7 nitrogen and oxygen atoms in total. The second kappa shape index (κ2) is 15.5. The molecule has 0 saturated heterocycles. The van der Waals surface area contributed by atoms with E-state index in [0.717, 1.165) is 24.9 Å². The summed E-state index contributed by atoms with van der Waals surface area (Å²) >= 11 is 0. The summed E-state index contributed by atoms with van der Waals surface area (Å²) in [6.45, 7) is 12.9. The van der Waals surface area contributed by atoms with Gasteiger partial charge in [0.25, 0.3) is 0 Å². The standard InChI is InChI=1S/C26H44N2O5/c1-6-8-9-10-11-16-28(25(31)27-20-26(3,4)5)17-18-33-22-14-12-21(13-15-22)19-23(24(29)30)32-7-2/h12-15,23H,6-11,16-20H2,1-5H3,(H,27,31)(H,29,30). The molecule has 1 atom stereocenters. The third kappa shape index (κ3) is 13.1. The van der Waals surface area contributed by atoms with Gasteiger partial charge in [0.05, 0.1) is 6.54 Å². The second-order valence-electron chi connectivity index (χ2n) is 9.60. The van der Waals surface area contributed by atoms with Gasteiger partial charge in [0.1, 0.15) is 12.4 Å². The Hall–Kier alpha value is -2.28. The molecule has 0 spiro atoms. The van der Waals surface area contributed by atoms with E-state index in [4.69, 9.17) is 9.47 Å². The molecule has 1 unspecified atom stereocenters. The van der Waals surface area contributed by atoms with Crippen LogP contribution < -0.4 is 10.1 Å².